The van der Waals surface area contributed by atoms with Crippen LogP contribution in [0.15, 0.2) is 12.1 Å². The quantitative estimate of drug-likeness (QED) is 0.785. The first-order valence-corrected chi connectivity index (χ1v) is 6.83. The summed E-state index contributed by atoms with van der Waals surface area (Å²) in [6, 6.07) is 3.60. The number of benzene rings is 1. The number of amides is 1. The third kappa shape index (κ3) is 4.23. The molecule has 0 fully saturated rings. The number of carbonyl (C=O) groups is 2. The standard InChI is InChI=1S/C15H20ClNO3/c1-10-8-12(13(16)9-11(10)2)15(19)17(3)7-5-6-14(18)20-4/h8-9H,5-7H2,1-4H3. The predicted octanol–water partition coefficient (Wildman–Crippen LogP) is 2.98. The van der Waals surface area contributed by atoms with Crippen LogP contribution in [0.1, 0.15) is 34.3 Å². The average Bonchev–Trinajstić information content (AvgIpc) is 2.41. The topological polar surface area (TPSA) is 46.6 Å². The number of methoxy groups -OCH3 is 1. The van der Waals surface area contributed by atoms with E-state index in [2.05, 4.69) is 4.74 Å². The third-order valence-electron chi connectivity index (χ3n) is 3.26. The number of rotatable bonds is 5. The van der Waals surface area contributed by atoms with Crippen LogP contribution in [0.3, 0.4) is 0 Å². The molecule has 20 heavy (non-hydrogen) atoms. The number of aryl methyl sites for hydroxylation is 2. The summed E-state index contributed by atoms with van der Waals surface area (Å²) in [6.07, 6.45) is 0.867. The Bertz CT molecular complexity index is 514. The van der Waals surface area contributed by atoms with Crippen LogP contribution in [-0.4, -0.2) is 37.5 Å². The van der Waals surface area contributed by atoms with Crippen molar-refractivity contribution in [2.75, 3.05) is 20.7 Å². The van der Waals surface area contributed by atoms with E-state index in [1.54, 1.807) is 24.1 Å². The number of hydrogen-bond donors (Lipinski definition) is 0. The minimum absolute atomic E-state index is 0.136. The molecule has 0 aliphatic rings. The molecule has 1 aromatic carbocycles. The Hall–Kier alpha value is -1.55. The van der Waals surface area contributed by atoms with E-state index in [1.807, 2.05) is 13.8 Å². The zero-order valence-corrected chi connectivity index (χ0v) is 13.1. The fourth-order valence-electron chi connectivity index (χ4n) is 1.81. The Balaban J connectivity index is 2.70. The molecule has 0 radical (unpaired) electrons. The lowest BCUT2D eigenvalue weighted by Crippen LogP contribution is -2.28. The molecule has 0 saturated heterocycles. The molecule has 0 bridgehead atoms. The highest BCUT2D eigenvalue weighted by Gasteiger charge is 2.16. The number of esters is 1. The molecule has 0 N–H and O–H groups in total. The molecule has 0 atom stereocenters. The van der Waals surface area contributed by atoms with Gasteiger partial charge < -0.3 is 9.64 Å². The van der Waals surface area contributed by atoms with Gasteiger partial charge in [-0.15, -0.1) is 0 Å². The van der Waals surface area contributed by atoms with E-state index in [4.69, 9.17) is 11.6 Å². The van der Waals surface area contributed by atoms with Gasteiger partial charge in [0.15, 0.2) is 0 Å². The summed E-state index contributed by atoms with van der Waals surface area (Å²) in [5.74, 6) is -0.405. The Labute approximate surface area is 124 Å². The molecular formula is C15H20ClNO3. The summed E-state index contributed by atoms with van der Waals surface area (Å²) in [6.45, 7) is 4.38. The first kappa shape index (κ1) is 16.5. The van der Waals surface area contributed by atoms with E-state index in [0.717, 1.165) is 11.1 Å². The predicted molar refractivity (Wildman–Crippen MR) is 79.1 cm³/mol. The number of hydrogen-bond acceptors (Lipinski definition) is 3. The molecule has 1 rings (SSSR count). The van der Waals surface area contributed by atoms with E-state index in [0.29, 0.717) is 30.0 Å². The zero-order valence-electron chi connectivity index (χ0n) is 12.3. The summed E-state index contributed by atoms with van der Waals surface area (Å²) in [4.78, 5) is 24.9. The number of nitrogens with zero attached hydrogens (tertiary/aromatic N) is 1. The lowest BCUT2D eigenvalue weighted by Gasteiger charge is -2.18. The number of ether oxygens (including phenoxy) is 1. The molecule has 1 amide bonds. The van der Waals surface area contributed by atoms with Gasteiger partial charge in [0.05, 0.1) is 17.7 Å². The summed E-state index contributed by atoms with van der Waals surface area (Å²) in [5.41, 5.74) is 2.58. The van der Waals surface area contributed by atoms with Crippen LogP contribution in [0.2, 0.25) is 5.02 Å². The van der Waals surface area contributed by atoms with Crippen molar-refractivity contribution < 1.29 is 14.3 Å². The second-order valence-electron chi connectivity index (χ2n) is 4.82. The Morgan fingerprint density at radius 2 is 1.85 bits per heavy atom. The van der Waals surface area contributed by atoms with E-state index in [9.17, 15) is 9.59 Å². The monoisotopic (exact) mass is 297 g/mol. The van der Waals surface area contributed by atoms with Gasteiger partial charge in [-0.1, -0.05) is 11.6 Å². The van der Waals surface area contributed by atoms with Crippen LogP contribution in [0.4, 0.5) is 0 Å². The molecule has 0 saturated carbocycles. The fourth-order valence-corrected chi connectivity index (χ4v) is 2.11. The van der Waals surface area contributed by atoms with Gasteiger partial charge in [-0.3, -0.25) is 9.59 Å². The maximum atomic E-state index is 12.3. The SMILES string of the molecule is COC(=O)CCCN(C)C(=O)c1cc(C)c(C)cc1Cl. The van der Waals surface area contributed by atoms with Gasteiger partial charge in [-0.25, -0.2) is 0 Å². The van der Waals surface area contributed by atoms with Crippen molar-refractivity contribution in [3.05, 3.63) is 33.8 Å². The van der Waals surface area contributed by atoms with E-state index in [-0.39, 0.29) is 11.9 Å². The number of halogens is 1. The molecule has 0 aromatic heterocycles. The van der Waals surface area contributed by atoms with Gasteiger partial charge in [0.25, 0.3) is 5.91 Å². The van der Waals surface area contributed by atoms with Gasteiger partial charge in [0.1, 0.15) is 0 Å². The molecular weight excluding hydrogens is 278 g/mol. The van der Waals surface area contributed by atoms with Crippen molar-refractivity contribution in [3.8, 4) is 0 Å². The lowest BCUT2D eigenvalue weighted by atomic mass is 10.1. The molecule has 0 unspecified atom stereocenters. The van der Waals surface area contributed by atoms with Crippen LogP contribution >= 0.6 is 11.6 Å². The summed E-state index contributed by atoms with van der Waals surface area (Å²) >= 11 is 6.13. The second kappa shape index (κ2) is 7.29. The molecule has 5 heteroatoms. The van der Waals surface area contributed by atoms with Gasteiger partial charge in [-0.05, 0) is 43.5 Å². The van der Waals surface area contributed by atoms with Crippen molar-refractivity contribution >= 4 is 23.5 Å². The van der Waals surface area contributed by atoms with Gasteiger partial charge in [-0.2, -0.15) is 0 Å². The highest BCUT2D eigenvalue weighted by atomic mass is 35.5. The maximum Gasteiger partial charge on any atom is 0.305 e. The fraction of sp³-hybridized carbons (Fsp3) is 0.467. The van der Waals surface area contributed by atoms with Crippen LogP contribution in [0, 0.1) is 13.8 Å². The zero-order chi connectivity index (χ0) is 15.3. The highest BCUT2D eigenvalue weighted by molar-refractivity contribution is 6.33. The van der Waals surface area contributed by atoms with Crippen LogP contribution in [0.25, 0.3) is 0 Å². The molecule has 0 aliphatic heterocycles. The third-order valence-corrected chi connectivity index (χ3v) is 3.58. The largest absolute Gasteiger partial charge is 0.469 e. The molecule has 0 aliphatic carbocycles. The highest BCUT2D eigenvalue weighted by Crippen LogP contribution is 2.22. The van der Waals surface area contributed by atoms with Crippen LogP contribution in [-0.2, 0) is 9.53 Å². The average molecular weight is 298 g/mol. The molecule has 110 valence electrons. The van der Waals surface area contributed by atoms with E-state index >= 15 is 0 Å². The van der Waals surface area contributed by atoms with Gasteiger partial charge in [0, 0.05) is 20.0 Å². The molecule has 1 aromatic rings. The summed E-state index contributed by atoms with van der Waals surface area (Å²) < 4.78 is 4.56. The Morgan fingerprint density at radius 1 is 1.25 bits per heavy atom. The van der Waals surface area contributed by atoms with Gasteiger partial charge in [0.2, 0.25) is 0 Å². The normalized spacial score (nSPS) is 10.2. The van der Waals surface area contributed by atoms with E-state index in [1.165, 1.54) is 7.11 Å². The Kier molecular flexibility index (Phi) is 6.02. The minimum atomic E-state index is -0.268. The first-order valence-electron chi connectivity index (χ1n) is 6.45. The van der Waals surface area contributed by atoms with Crippen molar-refractivity contribution in [1.29, 1.82) is 0 Å². The summed E-state index contributed by atoms with van der Waals surface area (Å²) in [7, 11) is 3.05. The summed E-state index contributed by atoms with van der Waals surface area (Å²) in [5, 5.41) is 0.456. The van der Waals surface area contributed by atoms with E-state index < -0.39 is 0 Å². The lowest BCUT2D eigenvalue weighted by molar-refractivity contribution is -0.140. The van der Waals surface area contributed by atoms with Crippen molar-refractivity contribution in [2.45, 2.75) is 26.7 Å². The Morgan fingerprint density at radius 3 is 2.45 bits per heavy atom. The molecule has 4 nitrogen and oxygen atoms in total. The first-order chi connectivity index (χ1) is 9.36. The molecule has 0 spiro atoms. The van der Waals surface area contributed by atoms with Crippen molar-refractivity contribution in [1.82, 2.24) is 4.90 Å². The molecule has 0 heterocycles. The smallest absolute Gasteiger partial charge is 0.305 e. The van der Waals surface area contributed by atoms with Gasteiger partial charge >= 0.3 is 5.97 Å². The maximum absolute atomic E-state index is 12.3. The van der Waals surface area contributed by atoms with Crippen molar-refractivity contribution in [2.24, 2.45) is 0 Å². The van der Waals surface area contributed by atoms with Crippen LogP contribution < -0.4 is 0 Å². The van der Waals surface area contributed by atoms with Crippen molar-refractivity contribution in [3.63, 3.8) is 0 Å². The number of carbonyl (C=O) groups excluding carboxylic acids is 2. The minimum Gasteiger partial charge on any atom is -0.469 e. The second-order valence-corrected chi connectivity index (χ2v) is 5.23. The van der Waals surface area contributed by atoms with Crippen LogP contribution in [0.5, 0.6) is 0 Å².